The zero-order chi connectivity index (χ0) is 18.3. The van der Waals surface area contributed by atoms with E-state index in [2.05, 4.69) is 39.9 Å². The van der Waals surface area contributed by atoms with Gasteiger partial charge in [-0.3, -0.25) is 4.98 Å². The van der Waals surface area contributed by atoms with Crippen molar-refractivity contribution in [1.82, 2.24) is 15.0 Å². The predicted octanol–water partition coefficient (Wildman–Crippen LogP) is 4.90. The van der Waals surface area contributed by atoms with Gasteiger partial charge in [0.2, 0.25) is 5.95 Å². The van der Waals surface area contributed by atoms with E-state index in [4.69, 9.17) is 9.97 Å². The number of nitrogens with zero attached hydrogens (tertiary/aromatic N) is 3. The second-order valence-electron chi connectivity index (χ2n) is 7.02. The first-order chi connectivity index (χ1) is 13.4. The predicted molar refractivity (Wildman–Crippen MR) is 110 cm³/mol. The second kappa shape index (κ2) is 8.62. The normalized spacial score (nSPS) is 14.7. The molecule has 27 heavy (non-hydrogen) atoms. The number of rotatable bonds is 6. The number of benzene rings is 1. The van der Waals surface area contributed by atoms with E-state index in [0.29, 0.717) is 12.0 Å². The molecule has 5 nitrogen and oxygen atoms in total. The van der Waals surface area contributed by atoms with Crippen molar-refractivity contribution >= 4 is 11.8 Å². The maximum Gasteiger partial charge on any atom is 0.225 e. The van der Waals surface area contributed by atoms with Crippen LogP contribution in [0.5, 0.6) is 0 Å². The third kappa shape index (κ3) is 4.82. The van der Waals surface area contributed by atoms with E-state index in [1.807, 2.05) is 24.3 Å². The summed E-state index contributed by atoms with van der Waals surface area (Å²) in [6.07, 6.45) is 9.86. The Hall–Kier alpha value is -2.95. The first-order valence-corrected chi connectivity index (χ1v) is 9.71. The van der Waals surface area contributed by atoms with Crippen LogP contribution in [0.1, 0.15) is 37.7 Å². The monoisotopic (exact) mass is 359 g/mol. The third-order valence-corrected chi connectivity index (χ3v) is 4.96. The minimum Gasteiger partial charge on any atom is -0.366 e. The molecule has 138 valence electrons. The lowest BCUT2D eigenvalue weighted by Gasteiger charge is -2.23. The summed E-state index contributed by atoms with van der Waals surface area (Å²) >= 11 is 0. The van der Waals surface area contributed by atoms with E-state index in [1.165, 1.54) is 37.7 Å². The standard InChI is InChI=1S/C22H25N5/c1-3-7-17(8-4-1)16-24-21-15-20(18-11-13-23-14-12-18)26-22(27-21)25-19-9-5-2-6-10-19/h1,3-4,7-8,11-15,19H,2,5-6,9-10,16H2,(H2,24,25,26,27). The summed E-state index contributed by atoms with van der Waals surface area (Å²) in [4.78, 5) is 13.6. The highest BCUT2D eigenvalue weighted by molar-refractivity contribution is 5.64. The van der Waals surface area contributed by atoms with Crippen molar-refractivity contribution in [2.24, 2.45) is 0 Å². The smallest absolute Gasteiger partial charge is 0.225 e. The Balaban J connectivity index is 1.57. The molecule has 0 saturated heterocycles. The van der Waals surface area contributed by atoms with Crippen molar-refractivity contribution in [2.45, 2.75) is 44.7 Å². The molecule has 0 atom stereocenters. The van der Waals surface area contributed by atoms with Gasteiger partial charge in [-0.15, -0.1) is 0 Å². The molecule has 1 saturated carbocycles. The van der Waals surface area contributed by atoms with Gasteiger partial charge in [0, 0.05) is 36.6 Å². The van der Waals surface area contributed by atoms with Gasteiger partial charge in [-0.1, -0.05) is 49.6 Å². The van der Waals surface area contributed by atoms with E-state index in [1.54, 1.807) is 12.4 Å². The van der Waals surface area contributed by atoms with Crippen LogP contribution in [0.25, 0.3) is 11.3 Å². The molecular formula is C22H25N5. The maximum atomic E-state index is 4.76. The summed E-state index contributed by atoms with van der Waals surface area (Å²) in [5, 5.41) is 6.99. The summed E-state index contributed by atoms with van der Waals surface area (Å²) < 4.78 is 0. The Bertz CT molecular complexity index is 845. The van der Waals surface area contributed by atoms with Crippen LogP contribution in [0, 0.1) is 0 Å². The van der Waals surface area contributed by atoms with Gasteiger partial charge < -0.3 is 10.6 Å². The van der Waals surface area contributed by atoms with Crippen LogP contribution >= 0.6 is 0 Å². The number of pyridine rings is 1. The molecule has 1 fully saturated rings. The third-order valence-electron chi connectivity index (χ3n) is 4.96. The molecule has 2 heterocycles. The van der Waals surface area contributed by atoms with Crippen molar-refractivity contribution in [3.8, 4) is 11.3 Å². The molecular weight excluding hydrogens is 334 g/mol. The van der Waals surface area contributed by atoms with Crippen LogP contribution in [0.15, 0.2) is 60.9 Å². The quantitative estimate of drug-likeness (QED) is 0.656. The Morgan fingerprint density at radius 3 is 2.44 bits per heavy atom. The Morgan fingerprint density at radius 1 is 0.889 bits per heavy atom. The van der Waals surface area contributed by atoms with Crippen LogP contribution in [-0.4, -0.2) is 21.0 Å². The van der Waals surface area contributed by atoms with Gasteiger partial charge in [0.1, 0.15) is 5.82 Å². The Kier molecular flexibility index (Phi) is 5.58. The lowest BCUT2D eigenvalue weighted by Crippen LogP contribution is -2.23. The van der Waals surface area contributed by atoms with Crippen molar-refractivity contribution in [3.63, 3.8) is 0 Å². The summed E-state index contributed by atoms with van der Waals surface area (Å²) in [7, 11) is 0. The van der Waals surface area contributed by atoms with Gasteiger partial charge in [-0.25, -0.2) is 4.98 Å². The zero-order valence-electron chi connectivity index (χ0n) is 15.4. The number of nitrogens with one attached hydrogen (secondary N) is 2. The zero-order valence-corrected chi connectivity index (χ0v) is 15.4. The molecule has 0 aliphatic heterocycles. The van der Waals surface area contributed by atoms with E-state index < -0.39 is 0 Å². The molecule has 3 aromatic rings. The highest BCUT2D eigenvalue weighted by Crippen LogP contribution is 2.24. The molecule has 0 bridgehead atoms. The van der Waals surface area contributed by atoms with Gasteiger partial charge >= 0.3 is 0 Å². The summed E-state index contributed by atoms with van der Waals surface area (Å²) in [6, 6.07) is 16.8. The lowest BCUT2D eigenvalue weighted by atomic mass is 9.96. The highest BCUT2D eigenvalue weighted by atomic mass is 15.2. The molecule has 4 rings (SSSR count). The van der Waals surface area contributed by atoms with Gasteiger partial charge in [-0.2, -0.15) is 4.98 Å². The summed E-state index contributed by atoms with van der Waals surface area (Å²) in [6.45, 7) is 0.733. The van der Waals surface area contributed by atoms with Crippen molar-refractivity contribution in [1.29, 1.82) is 0 Å². The van der Waals surface area contributed by atoms with Crippen LogP contribution in [0.4, 0.5) is 11.8 Å². The van der Waals surface area contributed by atoms with E-state index in [0.717, 1.165) is 23.6 Å². The molecule has 1 aromatic carbocycles. The number of hydrogen-bond acceptors (Lipinski definition) is 5. The summed E-state index contributed by atoms with van der Waals surface area (Å²) in [5.74, 6) is 1.53. The van der Waals surface area contributed by atoms with Gasteiger partial charge in [0.25, 0.3) is 0 Å². The van der Waals surface area contributed by atoms with Crippen molar-refractivity contribution in [3.05, 3.63) is 66.5 Å². The summed E-state index contributed by atoms with van der Waals surface area (Å²) in [5.41, 5.74) is 3.17. The van der Waals surface area contributed by atoms with E-state index in [9.17, 15) is 0 Å². The molecule has 2 aromatic heterocycles. The molecule has 2 N–H and O–H groups in total. The largest absolute Gasteiger partial charge is 0.366 e. The van der Waals surface area contributed by atoms with Crippen molar-refractivity contribution < 1.29 is 0 Å². The SMILES string of the molecule is c1ccc(CNc2cc(-c3ccncc3)nc(NC3CCCCC3)n2)cc1. The first-order valence-electron chi connectivity index (χ1n) is 9.71. The first kappa shape index (κ1) is 17.5. The second-order valence-corrected chi connectivity index (χ2v) is 7.02. The topological polar surface area (TPSA) is 62.7 Å². The number of anilines is 2. The maximum absolute atomic E-state index is 4.76. The fraction of sp³-hybridized carbons (Fsp3) is 0.318. The van der Waals surface area contributed by atoms with Crippen LogP contribution in [-0.2, 0) is 6.54 Å². The van der Waals surface area contributed by atoms with E-state index in [-0.39, 0.29) is 0 Å². The molecule has 0 amide bonds. The fourth-order valence-electron chi connectivity index (χ4n) is 3.49. The van der Waals surface area contributed by atoms with Crippen molar-refractivity contribution in [2.75, 3.05) is 10.6 Å². The Morgan fingerprint density at radius 2 is 1.67 bits per heavy atom. The molecule has 1 aliphatic rings. The minimum absolute atomic E-state index is 0.466. The van der Waals surface area contributed by atoms with E-state index >= 15 is 0 Å². The van der Waals surface area contributed by atoms with Crippen LogP contribution in [0.3, 0.4) is 0 Å². The van der Waals surface area contributed by atoms with Crippen LogP contribution in [0.2, 0.25) is 0 Å². The van der Waals surface area contributed by atoms with Crippen LogP contribution < -0.4 is 10.6 Å². The molecule has 5 heteroatoms. The van der Waals surface area contributed by atoms with Gasteiger partial charge in [0.15, 0.2) is 0 Å². The van der Waals surface area contributed by atoms with Gasteiger partial charge in [0.05, 0.1) is 5.69 Å². The number of aromatic nitrogens is 3. The lowest BCUT2D eigenvalue weighted by molar-refractivity contribution is 0.461. The minimum atomic E-state index is 0.466. The average Bonchev–Trinajstić information content (AvgIpc) is 2.74. The molecule has 0 spiro atoms. The Labute approximate surface area is 160 Å². The van der Waals surface area contributed by atoms with Gasteiger partial charge in [-0.05, 0) is 30.5 Å². The molecule has 0 radical (unpaired) electrons. The average molecular weight is 359 g/mol. The fourth-order valence-corrected chi connectivity index (χ4v) is 3.49. The molecule has 1 aliphatic carbocycles. The highest BCUT2D eigenvalue weighted by Gasteiger charge is 2.15. The molecule has 0 unspecified atom stereocenters. The number of hydrogen-bond donors (Lipinski definition) is 2.